The first-order valence-electron chi connectivity index (χ1n) is 8.70. The fourth-order valence-corrected chi connectivity index (χ4v) is 3.95. The quantitative estimate of drug-likeness (QED) is 0.630. The molecule has 0 spiro atoms. The van der Waals surface area contributed by atoms with E-state index in [2.05, 4.69) is 22.9 Å². The molecule has 140 valence electrons. The van der Waals surface area contributed by atoms with Crippen LogP contribution in [0.25, 0.3) is 22.2 Å². The first-order chi connectivity index (χ1) is 13.1. The van der Waals surface area contributed by atoms with Crippen molar-refractivity contribution in [3.63, 3.8) is 0 Å². The molecule has 0 amide bonds. The molecule has 1 aliphatic rings. The van der Waals surface area contributed by atoms with Gasteiger partial charge in [0.05, 0.1) is 36.1 Å². The topological polar surface area (TPSA) is 47.5 Å². The molecule has 3 aromatic rings. The van der Waals surface area contributed by atoms with Crippen molar-refractivity contribution < 1.29 is 9.47 Å². The highest BCUT2D eigenvalue weighted by Gasteiger charge is 2.18. The van der Waals surface area contributed by atoms with Crippen LogP contribution in [0.15, 0.2) is 30.6 Å². The zero-order valence-electron chi connectivity index (χ0n) is 15.1. The van der Waals surface area contributed by atoms with Crippen LogP contribution in [0.1, 0.15) is 5.56 Å². The molecule has 7 heteroatoms. The number of pyridine rings is 2. The van der Waals surface area contributed by atoms with Crippen molar-refractivity contribution in [2.45, 2.75) is 6.92 Å². The number of rotatable bonds is 3. The fourth-order valence-electron chi connectivity index (χ4n) is 3.39. The molecular weight excluding hydrogens is 385 g/mol. The summed E-state index contributed by atoms with van der Waals surface area (Å²) in [5.41, 5.74) is 4.36. The van der Waals surface area contributed by atoms with Gasteiger partial charge >= 0.3 is 0 Å². The van der Waals surface area contributed by atoms with E-state index in [0.29, 0.717) is 21.3 Å². The lowest BCUT2D eigenvalue weighted by Crippen LogP contribution is -2.36. The lowest BCUT2D eigenvalue weighted by Gasteiger charge is -2.29. The molecule has 0 bridgehead atoms. The normalized spacial score (nSPS) is 14.6. The lowest BCUT2D eigenvalue weighted by atomic mass is 10.0. The fraction of sp³-hybridized carbons (Fsp3) is 0.300. The number of hydrogen-bond donors (Lipinski definition) is 0. The third kappa shape index (κ3) is 3.43. The second kappa shape index (κ2) is 7.50. The number of anilines is 1. The van der Waals surface area contributed by atoms with Gasteiger partial charge in [-0.15, -0.1) is 0 Å². The van der Waals surface area contributed by atoms with Gasteiger partial charge in [-0.25, -0.2) is 4.98 Å². The van der Waals surface area contributed by atoms with Gasteiger partial charge in [0, 0.05) is 48.2 Å². The number of fused-ring (bicyclic) bond motifs is 1. The van der Waals surface area contributed by atoms with Crippen LogP contribution in [0.4, 0.5) is 5.69 Å². The summed E-state index contributed by atoms with van der Waals surface area (Å²) in [4.78, 5) is 11.1. The molecule has 1 aromatic carbocycles. The van der Waals surface area contributed by atoms with E-state index >= 15 is 0 Å². The number of benzene rings is 1. The van der Waals surface area contributed by atoms with E-state index in [1.807, 2.05) is 12.1 Å². The number of ether oxygens (including phenoxy) is 2. The highest BCUT2D eigenvalue weighted by Crippen LogP contribution is 2.38. The zero-order chi connectivity index (χ0) is 19.0. The van der Waals surface area contributed by atoms with Crippen LogP contribution in [0.3, 0.4) is 0 Å². The van der Waals surface area contributed by atoms with Crippen molar-refractivity contribution in [3.8, 4) is 17.0 Å². The number of morpholine rings is 1. The first kappa shape index (κ1) is 18.3. The Kier molecular flexibility index (Phi) is 5.08. The van der Waals surface area contributed by atoms with Crippen molar-refractivity contribution in [1.29, 1.82) is 0 Å². The number of methoxy groups -OCH3 is 1. The van der Waals surface area contributed by atoms with Crippen LogP contribution in [0.2, 0.25) is 10.0 Å². The van der Waals surface area contributed by atoms with E-state index in [-0.39, 0.29) is 0 Å². The van der Waals surface area contributed by atoms with Gasteiger partial charge in [0.1, 0.15) is 11.3 Å². The molecule has 1 aliphatic heterocycles. The molecule has 2 aromatic heterocycles. The van der Waals surface area contributed by atoms with Gasteiger partial charge in [-0.2, -0.15) is 0 Å². The Morgan fingerprint density at radius 1 is 1.07 bits per heavy atom. The molecule has 0 saturated carbocycles. The summed E-state index contributed by atoms with van der Waals surface area (Å²) in [6.07, 6.45) is 3.14. The van der Waals surface area contributed by atoms with Gasteiger partial charge in [-0.1, -0.05) is 23.2 Å². The maximum absolute atomic E-state index is 6.33. The molecule has 0 unspecified atom stereocenters. The van der Waals surface area contributed by atoms with Crippen LogP contribution in [-0.2, 0) is 4.74 Å². The van der Waals surface area contributed by atoms with E-state index < -0.39 is 0 Å². The highest BCUT2D eigenvalue weighted by molar-refractivity contribution is 6.38. The predicted octanol–water partition coefficient (Wildman–Crippen LogP) is 4.76. The van der Waals surface area contributed by atoms with Crippen molar-refractivity contribution in [3.05, 3.63) is 46.2 Å². The molecule has 27 heavy (non-hydrogen) atoms. The zero-order valence-corrected chi connectivity index (χ0v) is 16.6. The number of aryl methyl sites for hydroxylation is 1. The van der Waals surface area contributed by atoms with Crippen molar-refractivity contribution in [2.24, 2.45) is 0 Å². The summed E-state index contributed by atoms with van der Waals surface area (Å²) in [6.45, 7) is 5.24. The second-order valence-corrected chi connectivity index (χ2v) is 7.26. The van der Waals surface area contributed by atoms with Crippen LogP contribution in [0.5, 0.6) is 5.75 Å². The Morgan fingerprint density at radius 3 is 2.44 bits per heavy atom. The Labute approximate surface area is 167 Å². The number of hydrogen-bond acceptors (Lipinski definition) is 5. The minimum absolute atomic E-state index is 0.470. The van der Waals surface area contributed by atoms with E-state index in [1.165, 1.54) is 0 Å². The average Bonchev–Trinajstić information content (AvgIpc) is 2.68. The number of aromatic nitrogens is 2. The minimum atomic E-state index is 0.470. The first-order valence-corrected chi connectivity index (χ1v) is 9.45. The summed E-state index contributed by atoms with van der Waals surface area (Å²) < 4.78 is 11.1. The van der Waals surface area contributed by atoms with E-state index in [0.717, 1.165) is 54.2 Å². The van der Waals surface area contributed by atoms with Crippen LogP contribution >= 0.6 is 23.2 Å². The Balaban J connectivity index is 1.90. The monoisotopic (exact) mass is 403 g/mol. The molecule has 0 atom stereocenters. The predicted molar refractivity (Wildman–Crippen MR) is 109 cm³/mol. The molecule has 0 aliphatic carbocycles. The molecule has 4 rings (SSSR count). The third-order valence-electron chi connectivity index (χ3n) is 4.78. The van der Waals surface area contributed by atoms with Crippen LogP contribution in [0, 0.1) is 6.92 Å². The van der Waals surface area contributed by atoms with Gasteiger partial charge < -0.3 is 14.4 Å². The summed E-state index contributed by atoms with van der Waals surface area (Å²) in [5, 5.41) is 1.98. The van der Waals surface area contributed by atoms with Crippen LogP contribution in [-0.4, -0.2) is 43.4 Å². The summed E-state index contributed by atoms with van der Waals surface area (Å²) in [5.74, 6) is 0.722. The van der Waals surface area contributed by atoms with E-state index in [9.17, 15) is 0 Å². The van der Waals surface area contributed by atoms with E-state index in [1.54, 1.807) is 19.5 Å². The SMILES string of the molecule is COc1cc(N2CCOCC2)cc2c(C)cc(-c3c(Cl)cncc3Cl)nc12. The van der Waals surface area contributed by atoms with Crippen molar-refractivity contribution in [2.75, 3.05) is 38.3 Å². The Morgan fingerprint density at radius 2 is 1.78 bits per heavy atom. The molecule has 5 nitrogen and oxygen atoms in total. The average molecular weight is 404 g/mol. The third-order valence-corrected chi connectivity index (χ3v) is 5.35. The van der Waals surface area contributed by atoms with Gasteiger partial charge in [-0.3, -0.25) is 4.98 Å². The minimum Gasteiger partial charge on any atom is -0.494 e. The van der Waals surface area contributed by atoms with E-state index in [4.69, 9.17) is 37.7 Å². The highest BCUT2D eigenvalue weighted by atomic mass is 35.5. The second-order valence-electron chi connectivity index (χ2n) is 6.45. The van der Waals surface area contributed by atoms with Gasteiger partial charge in [-0.05, 0) is 24.6 Å². The summed E-state index contributed by atoms with van der Waals surface area (Å²) >= 11 is 12.7. The molecular formula is C20H19Cl2N3O2. The molecule has 0 N–H and O–H groups in total. The molecule has 0 radical (unpaired) electrons. The largest absolute Gasteiger partial charge is 0.494 e. The number of halogens is 2. The molecule has 1 saturated heterocycles. The Hall–Kier alpha value is -2.08. The standard InChI is InChI=1S/C20H19Cl2N3O2/c1-12-7-17(19-15(21)10-23-11-16(19)22)24-20-14(12)8-13(9-18(20)26-2)25-3-5-27-6-4-25/h7-11H,3-6H2,1-2H3. The smallest absolute Gasteiger partial charge is 0.147 e. The molecule has 1 fully saturated rings. The van der Waals surface area contributed by atoms with Crippen molar-refractivity contribution >= 4 is 39.8 Å². The van der Waals surface area contributed by atoms with Crippen molar-refractivity contribution in [1.82, 2.24) is 9.97 Å². The maximum Gasteiger partial charge on any atom is 0.147 e. The van der Waals surface area contributed by atoms with Gasteiger partial charge in [0.2, 0.25) is 0 Å². The summed E-state index contributed by atoms with van der Waals surface area (Å²) in [6, 6.07) is 6.18. The lowest BCUT2D eigenvalue weighted by molar-refractivity contribution is 0.122. The van der Waals surface area contributed by atoms with Gasteiger partial charge in [0.15, 0.2) is 0 Å². The summed E-state index contributed by atoms with van der Waals surface area (Å²) in [7, 11) is 1.66. The molecule has 3 heterocycles. The van der Waals surface area contributed by atoms with Crippen LogP contribution < -0.4 is 9.64 Å². The number of nitrogens with zero attached hydrogens (tertiary/aromatic N) is 3. The van der Waals surface area contributed by atoms with Gasteiger partial charge in [0.25, 0.3) is 0 Å². The Bertz CT molecular complexity index is 984. The maximum atomic E-state index is 6.33.